The predicted molar refractivity (Wildman–Crippen MR) is 87.3 cm³/mol. The maximum Gasteiger partial charge on any atom is 0.315 e. The molecule has 0 spiro atoms. The number of nitrogens with one attached hydrogen (secondary N) is 1. The molecule has 0 atom stereocenters. The highest BCUT2D eigenvalue weighted by Crippen LogP contribution is 2.23. The summed E-state index contributed by atoms with van der Waals surface area (Å²) in [5, 5.41) is 12.1. The molecule has 0 radical (unpaired) electrons. The standard InChI is InChI=1S/C16H13Cl2N3O/c17-13-7-6-12(8-14(13)18)10-19-16-21-20-15(22-16)9-11-4-2-1-3-5-11/h1-8H,9-10H2,(H,19,21). The Labute approximate surface area is 138 Å². The maximum atomic E-state index is 5.98. The topological polar surface area (TPSA) is 51.0 Å². The zero-order chi connectivity index (χ0) is 15.4. The number of anilines is 1. The van der Waals surface area contributed by atoms with Gasteiger partial charge in [0, 0.05) is 6.54 Å². The van der Waals surface area contributed by atoms with Gasteiger partial charge in [-0.2, -0.15) is 0 Å². The van der Waals surface area contributed by atoms with Crippen LogP contribution in [0.3, 0.4) is 0 Å². The van der Waals surface area contributed by atoms with Crippen LogP contribution in [0.5, 0.6) is 0 Å². The van der Waals surface area contributed by atoms with Crippen molar-refractivity contribution in [1.29, 1.82) is 0 Å². The Bertz CT molecular complexity index is 759. The summed E-state index contributed by atoms with van der Waals surface area (Å²) in [6.45, 7) is 0.532. The van der Waals surface area contributed by atoms with Gasteiger partial charge in [0.25, 0.3) is 0 Å². The summed E-state index contributed by atoms with van der Waals surface area (Å²) in [6, 6.07) is 15.8. The lowest BCUT2D eigenvalue weighted by molar-refractivity contribution is 0.516. The molecule has 0 aliphatic carbocycles. The van der Waals surface area contributed by atoms with Crippen LogP contribution < -0.4 is 5.32 Å². The van der Waals surface area contributed by atoms with Crippen molar-refractivity contribution in [2.45, 2.75) is 13.0 Å². The van der Waals surface area contributed by atoms with Gasteiger partial charge in [-0.15, -0.1) is 5.10 Å². The molecule has 0 aliphatic rings. The van der Waals surface area contributed by atoms with E-state index in [0.29, 0.717) is 34.9 Å². The molecule has 22 heavy (non-hydrogen) atoms. The number of hydrogen-bond donors (Lipinski definition) is 1. The fourth-order valence-corrected chi connectivity index (χ4v) is 2.31. The zero-order valence-electron chi connectivity index (χ0n) is 11.6. The number of benzene rings is 2. The molecule has 112 valence electrons. The molecule has 0 amide bonds. The number of hydrogen-bond acceptors (Lipinski definition) is 4. The Kier molecular flexibility index (Phi) is 4.61. The summed E-state index contributed by atoms with van der Waals surface area (Å²) in [7, 11) is 0. The van der Waals surface area contributed by atoms with Gasteiger partial charge in [0.05, 0.1) is 16.5 Å². The van der Waals surface area contributed by atoms with E-state index < -0.39 is 0 Å². The van der Waals surface area contributed by atoms with Crippen LogP contribution in [0, 0.1) is 0 Å². The van der Waals surface area contributed by atoms with Crippen LogP contribution in [0.25, 0.3) is 0 Å². The molecule has 0 saturated heterocycles. The van der Waals surface area contributed by atoms with Gasteiger partial charge in [-0.25, -0.2) is 0 Å². The van der Waals surface area contributed by atoms with Gasteiger partial charge in [0.2, 0.25) is 5.89 Å². The van der Waals surface area contributed by atoms with E-state index in [1.54, 1.807) is 12.1 Å². The molecular weight excluding hydrogens is 321 g/mol. The van der Waals surface area contributed by atoms with Crippen molar-refractivity contribution in [3.05, 3.63) is 75.6 Å². The zero-order valence-corrected chi connectivity index (χ0v) is 13.1. The molecule has 1 N–H and O–H groups in total. The second-order valence-corrected chi connectivity index (χ2v) is 5.58. The van der Waals surface area contributed by atoms with Gasteiger partial charge in [-0.3, -0.25) is 0 Å². The number of aromatic nitrogens is 2. The Morgan fingerprint density at radius 3 is 2.50 bits per heavy atom. The van der Waals surface area contributed by atoms with Crippen LogP contribution in [-0.4, -0.2) is 10.2 Å². The quantitative estimate of drug-likeness (QED) is 0.742. The lowest BCUT2D eigenvalue weighted by atomic mass is 10.2. The van der Waals surface area contributed by atoms with E-state index in [1.807, 2.05) is 36.4 Å². The minimum atomic E-state index is 0.386. The van der Waals surface area contributed by atoms with Crippen LogP contribution in [0.15, 0.2) is 52.9 Å². The predicted octanol–water partition coefficient (Wildman–Crippen LogP) is 4.58. The summed E-state index contributed by atoms with van der Waals surface area (Å²) >= 11 is 11.9. The second kappa shape index (κ2) is 6.81. The average Bonchev–Trinajstić information content (AvgIpc) is 2.97. The van der Waals surface area contributed by atoms with Gasteiger partial charge in [0.1, 0.15) is 0 Å². The third-order valence-electron chi connectivity index (χ3n) is 3.09. The Morgan fingerprint density at radius 1 is 0.909 bits per heavy atom. The van der Waals surface area contributed by atoms with Crippen molar-refractivity contribution in [2.75, 3.05) is 5.32 Å². The SMILES string of the molecule is Clc1ccc(CNc2nnc(Cc3ccccc3)o2)cc1Cl. The number of halogens is 2. The Balaban J connectivity index is 1.61. The van der Waals surface area contributed by atoms with Crippen LogP contribution in [0.1, 0.15) is 17.0 Å². The lowest BCUT2D eigenvalue weighted by Crippen LogP contribution is -1.99. The van der Waals surface area contributed by atoms with Crippen molar-refractivity contribution >= 4 is 29.2 Å². The third kappa shape index (κ3) is 3.78. The normalized spacial score (nSPS) is 10.6. The number of nitrogens with zero attached hydrogens (tertiary/aromatic N) is 2. The molecule has 0 aliphatic heterocycles. The van der Waals surface area contributed by atoms with E-state index in [9.17, 15) is 0 Å². The first-order valence-electron chi connectivity index (χ1n) is 6.75. The average molecular weight is 334 g/mol. The van der Waals surface area contributed by atoms with Crippen molar-refractivity contribution < 1.29 is 4.42 Å². The van der Waals surface area contributed by atoms with E-state index in [4.69, 9.17) is 27.6 Å². The molecule has 4 nitrogen and oxygen atoms in total. The van der Waals surface area contributed by atoms with Gasteiger partial charge in [-0.05, 0) is 23.3 Å². The largest absolute Gasteiger partial charge is 0.408 e. The van der Waals surface area contributed by atoms with Gasteiger partial charge in [-0.1, -0.05) is 64.7 Å². The van der Waals surface area contributed by atoms with Crippen molar-refractivity contribution in [3.63, 3.8) is 0 Å². The molecule has 3 aromatic rings. The van der Waals surface area contributed by atoms with Gasteiger partial charge in [0.15, 0.2) is 0 Å². The van der Waals surface area contributed by atoms with Gasteiger partial charge >= 0.3 is 6.01 Å². The fourth-order valence-electron chi connectivity index (χ4n) is 1.99. The van der Waals surface area contributed by atoms with E-state index in [1.165, 1.54) is 0 Å². The first kappa shape index (κ1) is 14.9. The lowest BCUT2D eigenvalue weighted by Gasteiger charge is -2.03. The molecule has 2 aromatic carbocycles. The van der Waals surface area contributed by atoms with Crippen LogP contribution in [0.4, 0.5) is 6.01 Å². The van der Waals surface area contributed by atoms with Gasteiger partial charge < -0.3 is 9.73 Å². The smallest absolute Gasteiger partial charge is 0.315 e. The molecule has 6 heteroatoms. The summed E-state index contributed by atoms with van der Waals surface area (Å²) < 4.78 is 5.57. The summed E-state index contributed by atoms with van der Waals surface area (Å²) in [5.41, 5.74) is 2.11. The fraction of sp³-hybridized carbons (Fsp3) is 0.125. The maximum absolute atomic E-state index is 5.98. The van der Waals surface area contributed by atoms with Crippen molar-refractivity contribution in [1.82, 2.24) is 10.2 Å². The van der Waals surface area contributed by atoms with Crippen LogP contribution in [-0.2, 0) is 13.0 Å². The van der Waals surface area contributed by atoms with E-state index in [2.05, 4.69) is 15.5 Å². The third-order valence-corrected chi connectivity index (χ3v) is 3.83. The highest BCUT2D eigenvalue weighted by molar-refractivity contribution is 6.42. The number of rotatable bonds is 5. The highest BCUT2D eigenvalue weighted by atomic mass is 35.5. The van der Waals surface area contributed by atoms with E-state index >= 15 is 0 Å². The molecule has 3 rings (SSSR count). The summed E-state index contributed by atoms with van der Waals surface area (Å²) in [6.07, 6.45) is 0.613. The molecule has 0 fully saturated rings. The minimum Gasteiger partial charge on any atom is -0.408 e. The molecular formula is C16H13Cl2N3O. The Morgan fingerprint density at radius 2 is 1.73 bits per heavy atom. The summed E-state index contributed by atoms with van der Waals surface area (Å²) in [4.78, 5) is 0. The highest BCUT2D eigenvalue weighted by Gasteiger charge is 2.07. The summed E-state index contributed by atoms with van der Waals surface area (Å²) in [5.74, 6) is 0.572. The Hall–Kier alpha value is -2.04. The first-order chi connectivity index (χ1) is 10.7. The van der Waals surface area contributed by atoms with Crippen molar-refractivity contribution in [2.24, 2.45) is 0 Å². The monoisotopic (exact) mass is 333 g/mol. The van der Waals surface area contributed by atoms with Crippen LogP contribution >= 0.6 is 23.2 Å². The molecule has 0 unspecified atom stereocenters. The molecule has 1 aromatic heterocycles. The second-order valence-electron chi connectivity index (χ2n) is 4.77. The van der Waals surface area contributed by atoms with Crippen LogP contribution in [0.2, 0.25) is 10.0 Å². The first-order valence-corrected chi connectivity index (χ1v) is 7.50. The van der Waals surface area contributed by atoms with E-state index in [0.717, 1.165) is 11.1 Å². The molecule has 0 bridgehead atoms. The molecule has 0 saturated carbocycles. The van der Waals surface area contributed by atoms with Crippen molar-refractivity contribution in [3.8, 4) is 0 Å². The molecule has 1 heterocycles. The van der Waals surface area contributed by atoms with E-state index in [-0.39, 0.29) is 0 Å². The minimum absolute atomic E-state index is 0.386.